The van der Waals surface area contributed by atoms with Crippen LogP contribution in [-0.4, -0.2) is 29.9 Å². The molecule has 2 rings (SSSR count). The van der Waals surface area contributed by atoms with Crippen molar-refractivity contribution in [2.24, 2.45) is 0 Å². The minimum Gasteiger partial charge on any atom is -0.494 e. The van der Waals surface area contributed by atoms with E-state index in [0.29, 0.717) is 11.6 Å². The molecule has 20 heavy (non-hydrogen) atoms. The van der Waals surface area contributed by atoms with Crippen molar-refractivity contribution in [1.29, 1.82) is 0 Å². The van der Waals surface area contributed by atoms with Gasteiger partial charge in [-0.25, -0.2) is 4.79 Å². The van der Waals surface area contributed by atoms with Gasteiger partial charge in [0.1, 0.15) is 5.75 Å². The van der Waals surface area contributed by atoms with Crippen molar-refractivity contribution in [1.82, 2.24) is 0 Å². The molecule has 0 saturated carbocycles. The highest BCUT2D eigenvalue weighted by Gasteiger charge is 2.44. The monoisotopic (exact) mass is 298 g/mol. The zero-order valence-corrected chi connectivity index (χ0v) is 12.0. The second kappa shape index (κ2) is 7.50. The zero-order chi connectivity index (χ0) is 14.4. The molecule has 1 N–H and O–H groups in total. The van der Waals surface area contributed by atoms with Gasteiger partial charge in [-0.3, -0.25) is 0 Å². The van der Waals surface area contributed by atoms with Crippen LogP contribution in [0.4, 0.5) is 0 Å². The van der Waals surface area contributed by atoms with Gasteiger partial charge in [-0.15, -0.1) is 0 Å². The molecule has 0 radical (unpaired) electrons. The molecule has 1 aliphatic heterocycles. The number of carboxylic acid groups (broad SMARTS) is 1. The molecule has 1 heterocycles. The van der Waals surface area contributed by atoms with E-state index in [2.05, 4.69) is 0 Å². The Kier molecular flexibility index (Phi) is 5.68. The van der Waals surface area contributed by atoms with Gasteiger partial charge in [0.15, 0.2) is 6.10 Å². The van der Waals surface area contributed by atoms with Crippen LogP contribution in [-0.2, 0) is 9.53 Å². The summed E-state index contributed by atoms with van der Waals surface area (Å²) >= 11 is 5.79. The van der Waals surface area contributed by atoms with E-state index >= 15 is 0 Å². The molecule has 0 unspecified atom stereocenters. The lowest BCUT2D eigenvalue weighted by Gasteiger charge is -2.05. The summed E-state index contributed by atoms with van der Waals surface area (Å²) in [7, 11) is 0. The number of rotatable bonds is 9. The smallest absolute Gasteiger partial charge is 0.335 e. The number of benzene rings is 1. The van der Waals surface area contributed by atoms with Gasteiger partial charge in [-0.2, -0.15) is 0 Å². The molecule has 4 nitrogen and oxygen atoms in total. The van der Waals surface area contributed by atoms with Gasteiger partial charge in [0.05, 0.1) is 12.7 Å². The maximum atomic E-state index is 10.6. The molecular formula is C15H19ClO4. The molecule has 0 aromatic heterocycles. The number of hydrogen-bond acceptors (Lipinski definition) is 3. The fourth-order valence-electron chi connectivity index (χ4n) is 2.10. The van der Waals surface area contributed by atoms with Crippen molar-refractivity contribution in [3.63, 3.8) is 0 Å². The topological polar surface area (TPSA) is 59.1 Å². The highest BCUT2D eigenvalue weighted by atomic mass is 35.5. The number of hydrogen-bond donors (Lipinski definition) is 1. The Hall–Kier alpha value is -1.26. The molecule has 0 amide bonds. The Morgan fingerprint density at radius 2 is 1.90 bits per heavy atom. The van der Waals surface area contributed by atoms with E-state index in [1.807, 2.05) is 24.3 Å². The van der Waals surface area contributed by atoms with E-state index < -0.39 is 12.1 Å². The van der Waals surface area contributed by atoms with Gasteiger partial charge in [-0.05, 0) is 37.1 Å². The van der Waals surface area contributed by atoms with Gasteiger partial charge < -0.3 is 14.6 Å². The largest absolute Gasteiger partial charge is 0.494 e. The van der Waals surface area contributed by atoms with Crippen LogP contribution >= 0.6 is 11.6 Å². The summed E-state index contributed by atoms with van der Waals surface area (Å²) in [6.07, 6.45) is 4.40. The van der Waals surface area contributed by atoms with Crippen LogP contribution in [0.15, 0.2) is 24.3 Å². The number of ether oxygens (including phenoxy) is 2. The number of carboxylic acids is 1. The van der Waals surface area contributed by atoms with Crippen molar-refractivity contribution >= 4 is 17.6 Å². The summed E-state index contributed by atoms with van der Waals surface area (Å²) in [4.78, 5) is 10.6. The second-order valence-electron chi connectivity index (χ2n) is 4.94. The van der Waals surface area contributed by atoms with Gasteiger partial charge in [0.2, 0.25) is 0 Å². The van der Waals surface area contributed by atoms with Gasteiger partial charge >= 0.3 is 5.97 Å². The molecule has 0 bridgehead atoms. The summed E-state index contributed by atoms with van der Waals surface area (Å²) in [5.74, 6) is -0.00329. The molecule has 0 spiro atoms. The van der Waals surface area contributed by atoms with Crippen LogP contribution in [0.25, 0.3) is 0 Å². The van der Waals surface area contributed by atoms with E-state index in [4.69, 9.17) is 26.2 Å². The van der Waals surface area contributed by atoms with Gasteiger partial charge in [0, 0.05) is 5.02 Å². The third kappa shape index (κ3) is 5.02. The van der Waals surface area contributed by atoms with Crippen LogP contribution < -0.4 is 4.74 Å². The summed E-state index contributed by atoms with van der Waals surface area (Å²) in [5.41, 5.74) is 0. The SMILES string of the molecule is O=C(O)[C@@H]1O[C@@H]1CCCCCCOc1ccc(Cl)cc1. The maximum Gasteiger partial charge on any atom is 0.335 e. The van der Waals surface area contributed by atoms with Crippen molar-refractivity contribution in [3.05, 3.63) is 29.3 Å². The molecular weight excluding hydrogens is 280 g/mol. The molecule has 0 aliphatic carbocycles. The Bertz CT molecular complexity index is 432. The van der Waals surface area contributed by atoms with E-state index in [1.165, 1.54) is 0 Å². The minimum absolute atomic E-state index is 0.0576. The Morgan fingerprint density at radius 1 is 1.20 bits per heavy atom. The minimum atomic E-state index is -0.841. The number of carbonyl (C=O) groups is 1. The van der Waals surface area contributed by atoms with Crippen molar-refractivity contribution < 1.29 is 19.4 Å². The summed E-state index contributed by atoms with van der Waals surface area (Å²) in [5, 5.41) is 9.38. The fourth-order valence-corrected chi connectivity index (χ4v) is 2.23. The normalized spacial score (nSPS) is 20.6. The van der Waals surface area contributed by atoms with E-state index in [-0.39, 0.29) is 6.10 Å². The fraction of sp³-hybridized carbons (Fsp3) is 0.533. The van der Waals surface area contributed by atoms with Crippen LogP contribution in [0.2, 0.25) is 5.02 Å². The van der Waals surface area contributed by atoms with Crippen LogP contribution in [0, 0.1) is 0 Å². The highest BCUT2D eigenvalue weighted by Crippen LogP contribution is 2.27. The summed E-state index contributed by atoms with van der Waals surface area (Å²) < 4.78 is 10.6. The third-order valence-electron chi connectivity index (χ3n) is 3.29. The Labute approximate surface area is 123 Å². The van der Waals surface area contributed by atoms with E-state index in [0.717, 1.165) is 37.9 Å². The molecule has 1 aromatic carbocycles. The van der Waals surface area contributed by atoms with E-state index in [9.17, 15) is 4.79 Å². The third-order valence-corrected chi connectivity index (χ3v) is 3.54. The quantitative estimate of drug-likeness (QED) is 0.560. The maximum absolute atomic E-state index is 10.6. The predicted octanol–water partition coefficient (Wildman–Crippen LogP) is 3.52. The molecule has 1 aromatic rings. The van der Waals surface area contributed by atoms with Crippen LogP contribution in [0.3, 0.4) is 0 Å². The highest BCUT2D eigenvalue weighted by molar-refractivity contribution is 6.30. The standard InChI is InChI=1S/C15H19ClO4/c16-11-6-8-12(9-7-11)19-10-4-2-1-3-5-13-14(20-13)15(17)18/h6-9,13-14H,1-5,10H2,(H,17,18)/t13-,14-/m1/s1. The number of halogens is 1. The number of aliphatic carboxylic acids is 1. The lowest BCUT2D eigenvalue weighted by atomic mass is 10.1. The van der Waals surface area contributed by atoms with Crippen molar-refractivity contribution in [3.8, 4) is 5.75 Å². The lowest BCUT2D eigenvalue weighted by Crippen LogP contribution is -2.07. The van der Waals surface area contributed by atoms with Crippen LogP contribution in [0.5, 0.6) is 5.75 Å². The van der Waals surface area contributed by atoms with E-state index in [1.54, 1.807) is 0 Å². The first-order valence-electron chi connectivity index (χ1n) is 6.93. The Balaban J connectivity index is 1.44. The zero-order valence-electron chi connectivity index (χ0n) is 11.3. The molecule has 110 valence electrons. The summed E-state index contributed by atoms with van der Waals surface area (Å²) in [6, 6.07) is 7.34. The summed E-state index contributed by atoms with van der Waals surface area (Å²) in [6.45, 7) is 0.694. The molecule has 1 saturated heterocycles. The van der Waals surface area contributed by atoms with Crippen LogP contribution in [0.1, 0.15) is 32.1 Å². The van der Waals surface area contributed by atoms with Gasteiger partial charge in [-0.1, -0.05) is 30.9 Å². The predicted molar refractivity (Wildman–Crippen MR) is 76.3 cm³/mol. The molecule has 1 fully saturated rings. The Morgan fingerprint density at radius 3 is 2.55 bits per heavy atom. The number of epoxide rings is 1. The lowest BCUT2D eigenvalue weighted by molar-refractivity contribution is -0.138. The van der Waals surface area contributed by atoms with Gasteiger partial charge in [0.25, 0.3) is 0 Å². The average Bonchev–Trinajstić information content (AvgIpc) is 3.19. The average molecular weight is 299 g/mol. The first-order valence-corrected chi connectivity index (χ1v) is 7.31. The van der Waals surface area contributed by atoms with Crippen molar-refractivity contribution in [2.45, 2.75) is 44.3 Å². The number of unbranched alkanes of at least 4 members (excludes halogenated alkanes) is 3. The molecule has 1 aliphatic rings. The molecule has 2 atom stereocenters. The first kappa shape index (κ1) is 15.1. The second-order valence-corrected chi connectivity index (χ2v) is 5.38. The first-order chi connectivity index (χ1) is 9.66. The molecule has 5 heteroatoms. The van der Waals surface area contributed by atoms with Crippen molar-refractivity contribution in [2.75, 3.05) is 6.61 Å².